The van der Waals surface area contributed by atoms with Crippen molar-refractivity contribution in [1.29, 1.82) is 0 Å². The van der Waals surface area contributed by atoms with Gasteiger partial charge in [0, 0.05) is 17.4 Å². The number of carbonyl (C=O) groups is 2. The SMILES string of the molecule is O=C(Cc1ccccc1)c1ccc(Cl)c(-n2c(=O)[nH]c3scc(C(=O)O)c3c2=O)c1. The first-order valence-electron chi connectivity index (χ1n) is 8.73. The summed E-state index contributed by atoms with van der Waals surface area (Å²) in [4.78, 5) is 52.4. The molecule has 4 aromatic rings. The highest BCUT2D eigenvalue weighted by Gasteiger charge is 2.20. The van der Waals surface area contributed by atoms with Crippen LogP contribution in [0.3, 0.4) is 0 Å². The summed E-state index contributed by atoms with van der Waals surface area (Å²) in [5.41, 5.74) is -0.709. The molecular formula is C21H13ClN2O5S. The Hall–Kier alpha value is -3.49. The summed E-state index contributed by atoms with van der Waals surface area (Å²) < 4.78 is 0.753. The Morgan fingerprint density at radius 3 is 2.53 bits per heavy atom. The molecule has 0 aliphatic rings. The van der Waals surface area contributed by atoms with Crippen LogP contribution in [-0.4, -0.2) is 26.4 Å². The van der Waals surface area contributed by atoms with Crippen LogP contribution in [0.4, 0.5) is 0 Å². The lowest BCUT2D eigenvalue weighted by Gasteiger charge is -2.10. The fourth-order valence-corrected chi connectivity index (χ4v) is 4.25. The van der Waals surface area contributed by atoms with E-state index >= 15 is 0 Å². The molecule has 2 N–H and O–H groups in total. The molecule has 0 saturated heterocycles. The summed E-state index contributed by atoms with van der Waals surface area (Å²) in [5, 5.41) is 10.6. The topological polar surface area (TPSA) is 109 Å². The summed E-state index contributed by atoms with van der Waals surface area (Å²) in [7, 11) is 0. The minimum atomic E-state index is -1.28. The van der Waals surface area contributed by atoms with E-state index in [1.54, 1.807) is 0 Å². The predicted molar refractivity (Wildman–Crippen MR) is 114 cm³/mol. The number of nitrogens with one attached hydrogen (secondary N) is 1. The van der Waals surface area contributed by atoms with Gasteiger partial charge in [0.1, 0.15) is 4.83 Å². The summed E-state index contributed by atoms with van der Waals surface area (Å²) in [6.07, 6.45) is 0.139. The van der Waals surface area contributed by atoms with Gasteiger partial charge in [-0.1, -0.05) is 41.9 Å². The number of carboxylic acids is 1. The number of thiophene rings is 1. The van der Waals surface area contributed by atoms with Gasteiger partial charge in [0.15, 0.2) is 5.78 Å². The number of aromatic nitrogens is 2. The first-order chi connectivity index (χ1) is 14.4. The smallest absolute Gasteiger partial charge is 0.337 e. The number of rotatable bonds is 5. The van der Waals surface area contributed by atoms with Gasteiger partial charge in [0.25, 0.3) is 5.56 Å². The Labute approximate surface area is 177 Å². The molecular weight excluding hydrogens is 428 g/mol. The Morgan fingerprint density at radius 1 is 1.10 bits per heavy atom. The van der Waals surface area contributed by atoms with Gasteiger partial charge >= 0.3 is 11.7 Å². The van der Waals surface area contributed by atoms with Crippen LogP contribution in [0.2, 0.25) is 5.02 Å². The molecule has 30 heavy (non-hydrogen) atoms. The number of carboxylic acid groups (broad SMARTS) is 1. The van der Waals surface area contributed by atoms with Crippen molar-refractivity contribution in [3.05, 3.63) is 96.5 Å². The third-order valence-corrected chi connectivity index (χ3v) is 5.79. The third kappa shape index (κ3) is 3.47. The van der Waals surface area contributed by atoms with E-state index in [9.17, 15) is 24.3 Å². The highest BCUT2D eigenvalue weighted by Crippen LogP contribution is 2.24. The first-order valence-corrected chi connectivity index (χ1v) is 9.99. The lowest BCUT2D eigenvalue weighted by atomic mass is 10.0. The van der Waals surface area contributed by atoms with Gasteiger partial charge in [-0.2, -0.15) is 0 Å². The molecule has 0 bridgehead atoms. The van der Waals surface area contributed by atoms with Gasteiger partial charge in [-0.25, -0.2) is 14.2 Å². The third-order valence-electron chi connectivity index (χ3n) is 4.58. The van der Waals surface area contributed by atoms with E-state index in [2.05, 4.69) is 4.98 Å². The van der Waals surface area contributed by atoms with E-state index in [0.717, 1.165) is 21.5 Å². The minimum Gasteiger partial charge on any atom is -0.478 e. The number of nitrogens with zero attached hydrogens (tertiary/aromatic N) is 1. The number of ketones is 1. The number of hydrogen-bond donors (Lipinski definition) is 2. The second kappa shape index (κ2) is 7.74. The van der Waals surface area contributed by atoms with Crippen molar-refractivity contribution in [3.63, 3.8) is 0 Å². The molecule has 0 saturated carbocycles. The highest BCUT2D eigenvalue weighted by atomic mass is 35.5. The summed E-state index contributed by atoms with van der Waals surface area (Å²) in [6.45, 7) is 0. The Morgan fingerprint density at radius 2 is 1.83 bits per heavy atom. The van der Waals surface area contributed by atoms with Crippen LogP contribution in [-0.2, 0) is 6.42 Å². The van der Waals surface area contributed by atoms with Crippen LogP contribution < -0.4 is 11.2 Å². The molecule has 150 valence electrons. The van der Waals surface area contributed by atoms with Crippen molar-refractivity contribution < 1.29 is 14.7 Å². The number of aromatic amines is 1. The van der Waals surface area contributed by atoms with E-state index in [1.807, 2.05) is 30.3 Å². The Bertz CT molecular complexity index is 1420. The quantitative estimate of drug-likeness (QED) is 0.461. The maximum atomic E-state index is 13.0. The predicted octanol–water partition coefficient (Wildman–Crippen LogP) is 3.52. The van der Waals surface area contributed by atoms with Gasteiger partial charge in [0.2, 0.25) is 0 Å². The average Bonchev–Trinajstić information content (AvgIpc) is 3.14. The molecule has 0 atom stereocenters. The molecule has 2 heterocycles. The van der Waals surface area contributed by atoms with Gasteiger partial charge in [-0.15, -0.1) is 11.3 Å². The van der Waals surface area contributed by atoms with Crippen molar-refractivity contribution >= 4 is 44.9 Å². The normalized spacial score (nSPS) is 11.0. The van der Waals surface area contributed by atoms with Gasteiger partial charge < -0.3 is 5.11 Å². The Kier molecular flexibility index (Phi) is 5.11. The number of aromatic carboxylic acids is 1. The lowest BCUT2D eigenvalue weighted by molar-refractivity contribution is 0.0699. The van der Waals surface area contributed by atoms with E-state index in [-0.39, 0.29) is 44.3 Å². The molecule has 7 nitrogen and oxygen atoms in total. The fraction of sp³-hybridized carbons (Fsp3) is 0.0476. The second-order valence-corrected chi connectivity index (χ2v) is 7.77. The fourth-order valence-electron chi connectivity index (χ4n) is 3.14. The Balaban J connectivity index is 1.86. The number of Topliss-reactive ketones (excluding diaryl/α,β-unsaturated/α-hetero) is 1. The number of carbonyl (C=O) groups excluding carboxylic acids is 1. The summed E-state index contributed by atoms with van der Waals surface area (Å²) in [5.74, 6) is -1.50. The van der Waals surface area contributed by atoms with Crippen LogP contribution in [0.5, 0.6) is 0 Å². The summed E-state index contributed by atoms with van der Waals surface area (Å²) in [6, 6.07) is 13.4. The van der Waals surface area contributed by atoms with Crippen molar-refractivity contribution in [3.8, 4) is 5.69 Å². The van der Waals surface area contributed by atoms with Gasteiger partial charge in [-0.05, 0) is 23.8 Å². The number of hydrogen-bond acceptors (Lipinski definition) is 5. The first kappa shape index (κ1) is 19.8. The molecule has 0 radical (unpaired) electrons. The number of benzene rings is 2. The zero-order valence-corrected chi connectivity index (χ0v) is 16.8. The van der Waals surface area contributed by atoms with Crippen LogP contribution >= 0.6 is 22.9 Å². The lowest BCUT2D eigenvalue weighted by Crippen LogP contribution is -2.34. The minimum absolute atomic E-state index is 0.00580. The molecule has 9 heteroatoms. The molecule has 0 aliphatic heterocycles. The highest BCUT2D eigenvalue weighted by molar-refractivity contribution is 7.17. The van der Waals surface area contributed by atoms with E-state index in [4.69, 9.17) is 11.6 Å². The van der Waals surface area contributed by atoms with Gasteiger partial charge in [-0.3, -0.25) is 14.6 Å². The standard InChI is InChI=1S/C21H13ClN2O5S/c22-14-7-6-12(16(25)8-11-4-2-1-3-5-11)9-15(14)24-19(26)17-13(20(27)28)10-30-18(17)23-21(24)29/h1-7,9-10H,8H2,(H,23,29)(H,27,28). The van der Waals surface area contributed by atoms with E-state index in [1.165, 1.54) is 23.6 Å². The number of fused-ring (bicyclic) bond motifs is 1. The van der Waals surface area contributed by atoms with Gasteiger partial charge in [0.05, 0.1) is 21.7 Å². The van der Waals surface area contributed by atoms with E-state index in [0.29, 0.717) is 0 Å². The van der Waals surface area contributed by atoms with Crippen molar-refractivity contribution in [2.24, 2.45) is 0 Å². The van der Waals surface area contributed by atoms with E-state index < -0.39 is 17.2 Å². The maximum Gasteiger partial charge on any atom is 0.337 e. The van der Waals surface area contributed by atoms with Crippen LogP contribution in [0, 0.1) is 0 Å². The zero-order valence-electron chi connectivity index (χ0n) is 15.2. The molecule has 0 aliphatic carbocycles. The molecule has 4 rings (SSSR count). The molecule has 0 fully saturated rings. The number of halogens is 1. The molecule has 0 spiro atoms. The monoisotopic (exact) mass is 440 g/mol. The zero-order chi connectivity index (χ0) is 21.4. The van der Waals surface area contributed by atoms with Crippen LogP contribution in [0.15, 0.2) is 63.5 Å². The largest absolute Gasteiger partial charge is 0.478 e. The molecule has 2 aromatic heterocycles. The number of H-pyrrole nitrogens is 1. The van der Waals surface area contributed by atoms with Crippen LogP contribution in [0.1, 0.15) is 26.3 Å². The molecule has 0 amide bonds. The molecule has 0 unspecified atom stereocenters. The maximum absolute atomic E-state index is 13.0. The molecule has 2 aromatic carbocycles. The average molecular weight is 441 g/mol. The summed E-state index contributed by atoms with van der Waals surface area (Å²) >= 11 is 7.18. The van der Waals surface area contributed by atoms with Crippen molar-refractivity contribution in [2.45, 2.75) is 6.42 Å². The van der Waals surface area contributed by atoms with Crippen molar-refractivity contribution in [1.82, 2.24) is 9.55 Å². The van der Waals surface area contributed by atoms with Crippen LogP contribution in [0.25, 0.3) is 15.9 Å². The van der Waals surface area contributed by atoms with Crippen molar-refractivity contribution in [2.75, 3.05) is 0 Å². The second-order valence-electron chi connectivity index (χ2n) is 6.48.